The Kier molecular flexibility index (Phi) is 3.76. The van der Waals surface area contributed by atoms with Crippen LogP contribution >= 0.6 is 0 Å². The zero-order chi connectivity index (χ0) is 8.20. The maximum absolute atomic E-state index is 11.9. The Morgan fingerprint density at radius 2 is 1.70 bits per heavy atom. The highest BCUT2D eigenvalue weighted by Crippen LogP contribution is 2.31. The summed E-state index contributed by atoms with van der Waals surface area (Å²) in [5.41, 5.74) is 0. The van der Waals surface area contributed by atoms with Gasteiger partial charge in [-0.05, 0) is 12.8 Å². The first-order valence-corrected chi connectivity index (χ1v) is 3.59. The van der Waals surface area contributed by atoms with Crippen molar-refractivity contribution in [3.8, 4) is 0 Å². The van der Waals surface area contributed by atoms with Crippen LogP contribution in [0.25, 0.3) is 0 Å². The number of rotatable bonds is 3. The predicted molar refractivity (Wildman–Crippen MR) is 34.7 cm³/mol. The van der Waals surface area contributed by atoms with Gasteiger partial charge in [0, 0.05) is 0 Å². The summed E-state index contributed by atoms with van der Waals surface area (Å²) < 4.78 is 35.7. The molecule has 0 radical (unpaired) electrons. The first-order chi connectivity index (χ1) is 4.52. The van der Waals surface area contributed by atoms with Gasteiger partial charge >= 0.3 is 6.18 Å². The van der Waals surface area contributed by atoms with Crippen LogP contribution in [0.2, 0.25) is 0 Å². The molecule has 0 saturated carbocycles. The van der Waals surface area contributed by atoms with Gasteiger partial charge in [-0.3, -0.25) is 0 Å². The Morgan fingerprint density at radius 3 is 1.80 bits per heavy atom. The van der Waals surface area contributed by atoms with Gasteiger partial charge in [0.15, 0.2) is 0 Å². The Labute approximate surface area is 59.4 Å². The maximum atomic E-state index is 11.9. The largest absolute Gasteiger partial charge is 0.391 e. The number of hydrogen-bond acceptors (Lipinski definition) is 0. The number of halogens is 3. The van der Waals surface area contributed by atoms with E-state index >= 15 is 0 Å². The molecule has 0 N–H and O–H groups in total. The predicted octanol–water partition coefficient (Wildman–Crippen LogP) is 3.38. The summed E-state index contributed by atoms with van der Waals surface area (Å²) in [6.45, 7) is 3.35. The van der Waals surface area contributed by atoms with Gasteiger partial charge in [0.05, 0.1) is 5.92 Å². The molecule has 0 aromatic heterocycles. The van der Waals surface area contributed by atoms with E-state index in [0.29, 0.717) is 6.42 Å². The Bertz CT molecular complexity index is 85.3. The van der Waals surface area contributed by atoms with Crippen molar-refractivity contribution in [3.63, 3.8) is 0 Å². The third-order valence-electron chi connectivity index (χ3n) is 1.59. The molecule has 0 spiro atoms. The highest BCUT2D eigenvalue weighted by atomic mass is 19.4. The van der Waals surface area contributed by atoms with Gasteiger partial charge in [0.25, 0.3) is 0 Å². The Morgan fingerprint density at radius 1 is 1.20 bits per heavy atom. The molecule has 0 aromatic rings. The smallest absolute Gasteiger partial charge is 0.171 e. The van der Waals surface area contributed by atoms with Gasteiger partial charge < -0.3 is 0 Å². The second kappa shape index (κ2) is 3.84. The zero-order valence-corrected chi connectivity index (χ0v) is 6.33. The van der Waals surface area contributed by atoms with Crippen molar-refractivity contribution in [1.29, 1.82) is 0 Å². The van der Waals surface area contributed by atoms with Crippen LogP contribution in [0.3, 0.4) is 0 Å². The Hall–Kier alpha value is -0.210. The van der Waals surface area contributed by atoms with Crippen LogP contribution in [0.4, 0.5) is 13.2 Å². The molecule has 10 heavy (non-hydrogen) atoms. The topological polar surface area (TPSA) is 0 Å². The molecular formula is C7H13F3. The van der Waals surface area contributed by atoms with E-state index in [9.17, 15) is 13.2 Å². The third-order valence-corrected chi connectivity index (χ3v) is 1.59. The van der Waals surface area contributed by atoms with Crippen LogP contribution in [-0.2, 0) is 0 Å². The summed E-state index contributed by atoms with van der Waals surface area (Å²) in [4.78, 5) is 0. The highest BCUT2D eigenvalue weighted by molar-refractivity contribution is 4.64. The minimum Gasteiger partial charge on any atom is -0.171 e. The second-order valence-electron chi connectivity index (χ2n) is 2.44. The Balaban J connectivity index is 3.81. The van der Waals surface area contributed by atoms with Gasteiger partial charge in [0.1, 0.15) is 0 Å². The fraction of sp³-hybridized carbons (Fsp3) is 1.00. The lowest BCUT2D eigenvalue weighted by Crippen LogP contribution is -2.21. The molecule has 0 rings (SSSR count). The molecule has 0 bridgehead atoms. The van der Waals surface area contributed by atoms with Gasteiger partial charge in [-0.2, -0.15) is 13.2 Å². The lowest BCUT2D eigenvalue weighted by atomic mass is 10.0. The van der Waals surface area contributed by atoms with Crippen LogP contribution in [-0.4, -0.2) is 6.18 Å². The molecule has 1 atom stereocenters. The minimum atomic E-state index is -3.98. The average Bonchev–Trinajstić information content (AvgIpc) is 1.80. The summed E-state index contributed by atoms with van der Waals surface area (Å²) in [6, 6.07) is 0. The summed E-state index contributed by atoms with van der Waals surface area (Å²) in [5, 5.41) is 0. The summed E-state index contributed by atoms with van der Waals surface area (Å²) in [7, 11) is 0. The van der Waals surface area contributed by atoms with Crippen molar-refractivity contribution in [2.24, 2.45) is 5.92 Å². The standard InChI is InChI=1S/C7H13F3/c1-3-5-6(4-2)7(8,9)10/h6H,3-5H2,1-2H3. The van der Waals surface area contributed by atoms with E-state index in [0.717, 1.165) is 0 Å². The molecule has 0 aromatic carbocycles. The van der Waals surface area contributed by atoms with Crippen molar-refractivity contribution in [2.75, 3.05) is 0 Å². The lowest BCUT2D eigenvalue weighted by Gasteiger charge is -2.16. The van der Waals surface area contributed by atoms with Crippen molar-refractivity contribution < 1.29 is 13.2 Å². The van der Waals surface area contributed by atoms with Crippen molar-refractivity contribution in [1.82, 2.24) is 0 Å². The SMILES string of the molecule is CCCC(CC)C(F)(F)F. The monoisotopic (exact) mass is 154 g/mol. The fourth-order valence-electron chi connectivity index (χ4n) is 0.948. The molecule has 0 aliphatic heterocycles. The molecule has 0 aliphatic carbocycles. The molecule has 3 heteroatoms. The highest BCUT2D eigenvalue weighted by Gasteiger charge is 2.36. The van der Waals surface area contributed by atoms with Crippen LogP contribution < -0.4 is 0 Å². The fourth-order valence-corrected chi connectivity index (χ4v) is 0.948. The van der Waals surface area contributed by atoms with Gasteiger partial charge in [-0.25, -0.2) is 0 Å². The summed E-state index contributed by atoms with van der Waals surface area (Å²) >= 11 is 0. The van der Waals surface area contributed by atoms with E-state index in [1.54, 1.807) is 13.8 Å². The van der Waals surface area contributed by atoms with Crippen LogP contribution in [0.1, 0.15) is 33.1 Å². The van der Waals surface area contributed by atoms with Crippen LogP contribution in [0, 0.1) is 5.92 Å². The molecule has 0 saturated heterocycles. The van der Waals surface area contributed by atoms with Gasteiger partial charge in [0.2, 0.25) is 0 Å². The average molecular weight is 154 g/mol. The second-order valence-corrected chi connectivity index (χ2v) is 2.44. The molecule has 62 valence electrons. The van der Waals surface area contributed by atoms with E-state index in [2.05, 4.69) is 0 Å². The normalized spacial score (nSPS) is 15.3. The van der Waals surface area contributed by atoms with E-state index < -0.39 is 12.1 Å². The third kappa shape index (κ3) is 3.08. The van der Waals surface area contributed by atoms with Crippen LogP contribution in [0.5, 0.6) is 0 Å². The quantitative estimate of drug-likeness (QED) is 0.584. The lowest BCUT2D eigenvalue weighted by molar-refractivity contribution is -0.177. The molecule has 0 aliphatic rings. The summed E-state index contributed by atoms with van der Waals surface area (Å²) in [5.74, 6) is -1.09. The van der Waals surface area contributed by atoms with Crippen molar-refractivity contribution in [3.05, 3.63) is 0 Å². The zero-order valence-electron chi connectivity index (χ0n) is 6.33. The number of hydrogen-bond donors (Lipinski definition) is 0. The molecule has 0 nitrogen and oxygen atoms in total. The van der Waals surface area contributed by atoms with E-state index in [4.69, 9.17) is 0 Å². The molecule has 0 heterocycles. The molecule has 1 unspecified atom stereocenters. The molecule has 0 amide bonds. The van der Waals surface area contributed by atoms with Crippen molar-refractivity contribution >= 4 is 0 Å². The van der Waals surface area contributed by atoms with E-state index in [1.165, 1.54) is 0 Å². The van der Waals surface area contributed by atoms with E-state index in [1.807, 2.05) is 0 Å². The van der Waals surface area contributed by atoms with E-state index in [-0.39, 0.29) is 12.8 Å². The van der Waals surface area contributed by atoms with Gasteiger partial charge in [-0.1, -0.05) is 20.3 Å². The summed E-state index contributed by atoms with van der Waals surface area (Å²) in [6.07, 6.45) is -2.90. The van der Waals surface area contributed by atoms with Gasteiger partial charge in [-0.15, -0.1) is 0 Å². The number of alkyl halides is 3. The molecule has 0 fully saturated rings. The molecular weight excluding hydrogens is 141 g/mol. The maximum Gasteiger partial charge on any atom is 0.391 e. The first kappa shape index (κ1) is 9.79. The first-order valence-electron chi connectivity index (χ1n) is 3.59. The van der Waals surface area contributed by atoms with Crippen LogP contribution in [0.15, 0.2) is 0 Å². The van der Waals surface area contributed by atoms with Crippen molar-refractivity contribution in [2.45, 2.75) is 39.3 Å². The minimum absolute atomic E-state index is 0.206.